The van der Waals surface area contributed by atoms with E-state index in [0.717, 1.165) is 4.90 Å². The van der Waals surface area contributed by atoms with Crippen LogP contribution in [0.5, 0.6) is 11.5 Å². The Morgan fingerprint density at radius 1 is 1.33 bits per heavy atom. The molecule has 1 fully saturated rings. The van der Waals surface area contributed by atoms with Gasteiger partial charge in [0.1, 0.15) is 0 Å². The van der Waals surface area contributed by atoms with Crippen molar-refractivity contribution in [3.05, 3.63) is 23.8 Å². The number of hydrogen-bond donors (Lipinski definition) is 2. The van der Waals surface area contributed by atoms with Gasteiger partial charge in [-0.05, 0) is 17.7 Å². The van der Waals surface area contributed by atoms with Gasteiger partial charge in [-0.3, -0.25) is 0 Å². The molecule has 0 radical (unpaired) electrons. The van der Waals surface area contributed by atoms with Crippen LogP contribution in [0.3, 0.4) is 0 Å². The standard InChI is InChI=1S/C15H19F3N2O4/c1-23-11-4-3-10(7-12(11)24-2)8-19-13(21)20-6-5-14(22,9-20)15(16,17)18/h3-4,7,22H,5-6,8-9H2,1-2H3,(H,19,21). The highest BCUT2D eigenvalue weighted by Gasteiger charge is 2.57. The maximum atomic E-state index is 12.8. The van der Waals surface area contributed by atoms with Crippen LogP contribution < -0.4 is 14.8 Å². The number of β-amino-alcohol motifs (C(OH)–C–C–N with tert-alkyl or cyclic N) is 1. The van der Waals surface area contributed by atoms with E-state index in [-0.39, 0.29) is 13.1 Å². The first-order valence-corrected chi connectivity index (χ1v) is 7.23. The average molecular weight is 348 g/mol. The zero-order valence-corrected chi connectivity index (χ0v) is 13.3. The summed E-state index contributed by atoms with van der Waals surface area (Å²) in [7, 11) is 2.97. The molecule has 24 heavy (non-hydrogen) atoms. The number of benzene rings is 1. The van der Waals surface area contributed by atoms with Gasteiger partial charge in [0.05, 0.1) is 20.8 Å². The van der Waals surface area contributed by atoms with E-state index in [9.17, 15) is 23.1 Å². The molecule has 2 N–H and O–H groups in total. The largest absolute Gasteiger partial charge is 0.493 e. The number of rotatable bonds is 4. The SMILES string of the molecule is COc1ccc(CNC(=O)N2CCC(O)(C(F)(F)F)C2)cc1OC. The molecule has 1 aliphatic rings. The number of carbonyl (C=O) groups is 1. The van der Waals surface area contributed by atoms with Gasteiger partial charge < -0.3 is 24.8 Å². The Labute approximate surface area is 137 Å². The van der Waals surface area contributed by atoms with Gasteiger partial charge in [-0.2, -0.15) is 13.2 Å². The van der Waals surface area contributed by atoms with E-state index in [0.29, 0.717) is 17.1 Å². The maximum absolute atomic E-state index is 12.8. The second-order valence-corrected chi connectivity index (χ2v) is 5.55. The lowest BCUT2D eigenvalue weighted by Gasteiger charge is -2.26. The number of urea groups is 1. The second kappa shape index (κ2) is 6.76. The topological polar surface area (TPSA) is 71.0 Å². The number of aliphatic hydroxyl groups is 1. The van der Waals surface area contributed by atoms with E-state index in [1.807, 2.05) is 0 Å². The Kier molecular flexibility index (Phi) is 5.12. The first-order valence-electron chi connectivity index (χ1n) is 7.23. The quantitative estimate of drug-likeness (QED) is 0.872. The molecule has 1 saturated heterocycles. The van der Waals surface area contributed by atoms with Gasteiger partial charge in [0.15, 0.2) is 17.1 Å². The minimum absolute atomic E-state index is 0.111. The zero-order valence-electron chi connectivity index (χ0n) is 13.3. The van der Waals surface area contributed by atoms with Gasteiger partial charge in [0.25, 0.3) is 0 Å². The summed E-state index contributed by atoms with van der Waals surface area (Å²) >= 11 is 0. The molecule has 2 amide bonds. The van der Waals surface area contributed by atoms with E-state index < -0.39 is 30.8 Å². The molecule has 1 heterocycles. The molecule has 1 aromatic carbocycles. The molecule has 6 nitrogen and oxygen atoms in total. The van der Waals surface area contributed by atoms with Crippen molar-refractivity contribution in [3.63, 3.8) is 0 Å². The summed E-state index contributed by atoms with van der Waals surface area (Å²) in [5, 5.41) is 12.1. The molecule has 0 saturated carbocycles. The van der Waals surface area contributed by atoms with Crippen LogP contribution in [0.1, 0.15) is 12.0 Å². The molecule has 1 unspecified atom stereocenters. The van der Waals surface area contributed by atoms with E-state index in [4.69, 9.17) is 9.47 Å². The van der Waals surface area contributed by atoms with Crippen LogP contribution in [0.15, 0.2) is 18.2 Å². The number of nitrogens with one attached hydrogen (secondary N) is 1. The molecular weight excluding hydrogens is 329 g/mol. The lowest BCUT2D eigenvalue weighted by molar-refractivity contribution is -0.253. The first kappa shape index (κ1) is 18.2. The summed E-state index contributed by atoms with van der Waals surface area (Å²) in [4.78, 5) is 12.9. The summed E-state index contributed by atoms with van der Waals surface area (Å²) in [6.07, 6.45) is -5.29. The van der Waals surface area contributed by atoms with Crippen molar-refractivity contribution in [2.45, 2.75) is 24.7 Å². The molecule has 0 bridgehead atoms. The summed E-state index contributed by atoms with van der Waals surface area (Å²) in [5.41, 5.74) is -2.14. The fourth-order valence-corrected chi connectivity index (χ4v) is 2.48. The Balaban J connectivity index is 1.95. The number of amides is 2. The van der Waals surface area contributed by atoms with Gasteiger partial charge in [-0.15, -0.1) is 0 Å². The van der Waals surface area contributed by atoms with Gasteiger partial charge in [0, 0.05) is 19.5 Å². The van der Waals surface area contributed by atoms with Crippen LogP contribution in [0, 0.1) is 0 Å². The van der Waals surface area contributed by atoms with Crippen molar-refractivity contribution in [1.82, 2.24) is 10.2 Å². The Bertz CT molecular complexity index is 609. The number of likely N-dealkylation sites (tertiary alicyclic amines) is 1. The minimum Gasteiger partial charge on any atom is -0.493 e. The fraction of sp³-hybridized carbons (Fsp3) is 0.533. The van der Waals surface area contributed by atoms with Gasteiger partial charge in [-0.1, -0.05) is 6.07 Å². The van der Waals surface area contributed by atoms with Crippen molar-refractivity contribution >= 4 is 6.03 Å². The Morgan fingerprint density at radius 3 is 2.54 bits per heavy atom. The number of carbonyl (C=O) groups excluding carboxylic acids is 1. The van der Waals surface area contributed by atoms with Crippen molar-refractivity contribution in [3.8, 4) is 11.5 Å². The minimum atomic E-state index is -4.76. The van der Waals surface area contributed by atoms with E-state index >= 15 is 0 Å². The molecule has 0 aliphatic carbocycles. The van der Waals surface area contributed by atoms with Crippen LogP contribution >= 0.6 is 0 Å². The van der Waals surface area contributed by atoms with Crippen LogP contribution in [0.25, 0.3) is 0 Å². The molecule has 134 valence electrons. The van der Waals surface area contributed by atoms with E-state index in [1.165, 1.54) is 14.2 Å². The Hall–Kier alpha value is -2.16. The molecule has 1 aromatic rings. The lowest BCUT2D eigenvalue weighted by Crippen LogP contribution is -2.49. The summed E-state index contributed by atoms with van der Waals surface area (Å²) in [6.45, 7) is -0.817. The molecule has 9 heteroatoms. The highest BCUT2D eigenvalue weighted by molar-refractivity contribution is 5.74. The third kappa shape index (κ3) is 3.66. The zero-order chi connectivity index (χ0) is 18.0. The highest BCUT2D eigenvalue weighted by atomic mass is 19.4. The molecule has 0 aromatic heterocycles. The molecule has 1 aliphatic heterocycles. The summed E-state index contributed by atoms with van der Waals surface area (Å²) in [6, 6.07) is 4.37. The van der Waals surface area contributed by atoms with Crippen molar-refractivity contribution in [2.24, 2.45) is 0 Å². The average Bonchev–Trinajstić information content (AvgIpc) is 2.96. The van der Waals surface area contributed by atoms with Crippen LogP contribution in [0.2, 0.25) is 0 Å². The number of alkyl halides is 3. The van der Waals surface area contributed by atoms with Crippen LogP contribution in [-0.2, 0) is 6.54 Å². The van der Waals surface area contributed by atoms with E-state index in [1.54, 1.807) is 18.2 Å². The highest BCUT2D eigenvalue weighted by Crippen LogP contribution is 2.37. The summed E-state index contributed by atoms with van der Waals surface area (Å²) < 4.78 is 48.5. The second-order valence-electron chi connectivity index (χ2n) is 5.55. The van der Waals surface area contributed by atoms with Gasteiger partial charge >= 0.3 is 12.2 Å². The molecule has 1 atom stereocenters. The van der Waals surface area contributed by atoms with Crippen molar-refractivity contribution < 1.29 is 32.5 Å². The van der Waals surface area contributed by atoms with Crippen molar-refractivity contribution in [2.75, 3.05) is 27.3 Å². The number of halogens is 3. The number of ether oxygens (including phenoxy) is 2. The summed E-state index contributed by atoms with van der Waals surface area (Å²) in [5.74, 6) is 1.01. The first-order chi connectivity index (χ1) is 11.2. The Morgan fingerprint density at radius 2 is 2.00 bits per heavy atom. The van der Waals surface area contributed by atoms with Crippen LogP contribution in [-0.4, -0.2) is 55.1 Å². The molecular formula is C15H19F3N2O4. The lowest BCUT2D eigenvalue weighted by atomic mass is 10.0. The monoisotopic (exact) mass is 348 g/mol. The normalized spacial score (nSPS) is 20.8. The predicted molar refractivity (Wildman–Crippen MR) is 79.0 cm³/mol. The number of nitrogens with zero attached hydrogens (tertiary/aromatic N) is 1. The molecule has 2 rings (SSSR count). The van der Waals surface area contributed by atoms with E-state index in [2.05, 4.69) is 5.32 Å². The van der Waals surface area contributed by atoms with Gasteiger partial charge in [0.2, 0.25) is 0 Å². The fourth-order valence-electron chi connectivity index (χ4n) is 2.48. The predicted octanol–water partition coefficient (Wildman–Crippen LogP) is 1.91. The number of methoxy groups -OCH3 is 2. The van der Waals surface area contributed by atoms with Crippen LogP contribution in [0.4, 0.5) is 18.0 Å². The van der Waals surface area contributed by atoms with Gasteiger partial charge in [-0.25, -0.2) is 4.79 Å². The molecule has 0 spiro atoms. The van der Waals surface area contributed by atoms with Crippen molar-refractivity contribution in [1.29, 1.82) is 0 Å². The smallest absolute Gasteiger partial charge is 0.419 e. The third-order valence-electron chi connectivity index (χ3n) is 3.95. The number of hydrogen-bond acceptors (Lipinski definition) is 4. The maximum Gasteiger partial charge on any atom is 0.419 e. The third-order valence-corrected chi connectivity index (χ3v) is 3.95.